The van der Waals surface area contributed by atoms with Gasteiger partial charge in [-0.05, 0) is 43.7 Å². The number of hydrogen-bond acceptors (Lipinski definition) is 3. The summed E-state index contributed by atoms with van der Waals surface area (Å²) >= 11 is 6.12. The zero-order valence-corrected chi connectivity index (χ0v) is 15.8. The Morgan fingerprint density at radius 1 is 1.31 bits per heavy atom. The van der Waals surface area contributed by atoms with Crippen molar-refractivity contribution in [1.29, 1.82) is 0 Å². The van der Waals surface area contributed by atoms with E-state index < -0.39 is 0 Å². The molecule has 0 aromatic heterocycles. The van der Waals surface area contributed by atoms with Gasteiger partial charge >= 0.3 is 0 Å². The van der Waals surface area contributed by atoms with Crippen LogP contribution in [0.3, 0.4) is 0 Å². The van der Waals surface area contributed by atoms with Crippen LogP contribution in [0.2, 0.25) is 5.02 Å². The highest BCUT2D eigenvalue weighted by atomic mass is 35.5. The summed E-state index contributed by atoms with van der Waals surface area (Å²) < 4.78 is 11.3. The van der Waals surface area contributed by atoms with E-state index in [1.54, 1.807) is 19.3 Å². The summed E-state index contributed by atoms with van der Waals surface area (Å²) in [6.07, 6.45) is 3.90. The molecule has 1 aliphatic heterocycles. The number of methoxy groups -OCH3 is 1. The summed E-state index contributed by atoms with van der Waals surface area (Å²) in [4.78, 5) is 12.4. The van der Waals surface area contributed by atoms with Crippen LogP contribution in [0.5, 0.6) is 11.5 Å². The lowest BCUT2D eigenvalue weighted by atomic mass is 9.89. The molecule has 1 atom stereocenters. The Morgan fingerprint density at radius 2 is 2.08 bits per heavy atom. The van der Waals surface area contributed by atoms with Gasteiger partial charge in [0.15, 0.2) is 0 Å². The second-order valence-corrected chi connectivity index (χ2v) is 7.29. The number of benzene rings is 2. The third-order valence-electron chi connectivity index (χ3n) is 4.31. The van der Waals surface area contributed by atoms with E-state index in [0.717, 1.165) is 22.6 Å². The van der Waals surface area contributed by atoms with E-state index in [4.69, 9.17) is 21.1 Å². The van der Waals surface area contributed by atoms with Gasteiger partial charge in [-0.3, -0.25) is 4.79 Å². The lowest BCUT2D eigenvalue weighted by molar-refractivity contribution is -0.117. The van der Waals surface area contributed by atoms with Gasteiger partial charge in [0, 0.05) is 29.1 Å². The molecule has 5 heteroatoms. The van der Waals surface area contributed by atoms with E-state index >= 15 is 0 Å². The Balaban J connectivity index is 1.79. The van der Waals surface area contributed by atoms with Crippen molar-refractivity contribution in [3.8, 4) is 11.5 Å². The number of hydrogen-bond donors (Lipinski definition) is 1. The first-order valence-corrected chi connectivity index (χ1v) is 8.86. The first-order chi connectivity index (χ1) is 12.4. The summed E-state index contributed by atoms with van der Waals surface area (Å²) in [6, 6.07) is 12.9. The zero-order valence-electron chi connectivity index (χ0n) is 15.1. The highest BCUT2D eigenvalue weighted by molar-refractivity contribution is 6.32. The zero-order chi connectivity index (χ0) is 18.7. The molecule has 2 aromatic carbocycles. The van der Waals surface area contributed by atoms with Crippen LogP contribution >= 0.6 is 11.6 Å². The highest BCUT2D eigenvalue weighted by Crippen LogP contribution is 2.41. The first kappa shape index (κ1) is 18.3. The number of nitrogens with one attached hydrogen (secondary N) is 1. The number of carbonyl (C=O) groups excluding carboxylic acids is 1. The third kappa shape index (κ3) is 4.20. The normalized spacial score (nSPS) is 18.1. The van der Waals surface area contributed by atoms with Crippen molar-refractivity contribution in [3.05, 3.63) is 64.7 Å². The van der Waals surface area contributed by atoms with Crippen molar-refractivity contribution < 1.29 is 14.3 Å². The van der Waals surface area contributed by atoms with E-state index in [1.165, 1.54) is 6.08 Å². The van der Waals surface area contributed by atoms with Gasteiger partial charge in [0.05, 0.1) is 13.2 Å². The maximum Gasteiger partial charge on any atom is 0.244 e. The first-order valence-electron chi connectivity index (χ1n) is 8.48. The van der Waals surface area contributed by atoms with Crippen molar-refractivity contribution in [3.63, 3.8) is 0 Å². The predicted molar refractivity (Wildman–Crippen MR) is 104 cm³/mol. The number of carbonyl (C=O) groups is 1. The van der Waals surface area contributed by atoms with Gasteiger partial charge in [-0.1, -0.05) is 29.8 Å². The fourth-order valence-electron chi connectivity index (χ4n) is 3.08. The van der Waals surface area contributed by atoms with E-state index in [9.17, 15) is 4.79 Å². The third-order valence-corrected chi connectivity index (χ3v) is 4.66. The maximum absolute atomic E-state index is 12.4. The molecule has 0 saturated carbocycles. The monoisotopic (exact) mass is 371 g/mol. The summed E-state index contributed by atoms with van der Waals surface area (Å²) in [6.45, 7) is 4.02. The summed E-state index contributed by atoms with van der Waals surface area (Å²) in [5.74, 6) is 1.29. The van der Waals surface area contributed by atoms with E-state index in [2.05, 4.69) is 5.32 Å². The van der Waals surface area contributed by atoms with Gasteiger partial charge in [-0.15, -0.1) is 0 Å². The predicted octanol–water partition coefficient (Wildman–Crippen LogP) is 4.78. The second-order valence-electron chi connectivity index (χ2n) is 6.89. The molecule has 0 aliphatic carbocycles. The van der Waals surface area contributed by atoms with Crippen LogP contribution in [0.1, 0.15) is 37.4 Å². The lowest BCUT2D eigenvalue weighted by Gasteiger charge is -2.37. The minimum absolute atomic E-state index is 0.136. The van der Waals surface area contributed by atoms with Crippen molar-refractivity contribution in [2.24, 2.45) is 0 Å². The highest BCUT2D eigenvalue weighted by Gasteiger charge is 2.34. The van der Waals surface area contributed by atoms with Gasteiger partial charge in [-0.25, -0.2) is 0 Å². The molecular formula is C21H22ClNO3. The molecule has 26 heavy (non-hydrogen) atoms. The molecule has 1 aliphatic rings. The van der Waals surface area contributed by atoms with Crippen LogP contribution in [0, 0.1) is 0 Å². The summed E-state index contributed by atoms with van der Waals surface area (Å²) in [5, 5.41) is 3.68. The fraction of sp³-hybridized carbons (Fsp3) is 0.286. The summed E-state index contributed by atoms with van der Waals surface area (Å²) in [5.41, 5.74) is 1.37. The molecule has 136 valence electrons. The molecule has 3 rings (SSSR count). The molecule has 1 amide bonds. The van der Waals surface area contributed by atoms with Crippen LogP contribution in [-0.4, -0.2) is 18.6 Å². The Labute approximate surface area is 158 Å². The number of ether oxygens (including phenoxy) is 2. The molecule has 0 saturated heterocycles. The maximum atomic E-state index is 12.4. The van der Waals surface area contributed by atoms with Crippen LogP contribution in [0.4, 0.5) is 0 Å². The smallest absolute Gasteiger partial charge is 0.244 e. The minimum Gasteiger partial charge on any atom is -0.497 e. The van der Waals surface area contributed by atoms with Crippen LogP contribution in [-0.2, 0) is 4.79 Å². The van der Waals surface area contributed by atoms with Crippen molar-refractivity contribution in [1.82, 2.24) is 5.32 Å². The van der Waals surface area contributed by atoms with Crippen molar-refractivity contribution >= 4 is 23.6 Å². The molecule has 2 aromatic rings. The second kappa shape index (κ2) is 7.42. The van der Waals surface area contributed by atoms with Gasteiger partial charge < -0.3 is 14.8 Å². The number of halogens is 1. The molecule has 0 radical (unpaired) electrons. The quantitative estimate of drug-likeness (QED) is 0.787. The lowest BCUT2D eigenvalue weighted by Crippen LogP contribution is -2.40. The van der Waals surface area contributed by atoms with Gasteiger partial charge in [0.2, 0.25) is 5.91 Å². The largest absolute Gasteiger partial charge is 0.497 e. The molecule has 0 fully saturated rings. The topological polar surface area (TPSA) is 47.6 Å². The molecule has 0 bridgehead atoms. The summed E-state index contributed by atoms with van der Waals surface area (Å²) in [7, 11) is 1.62. The van der Waals surface area contributed by atoms with Gasteiger partial charge in [0.25, 0.3) is 0 Å². The van der Waals surface area contributed by atoms with Crippen LogP contribution in [0.15, 0.2) is 48.5 Å². The van der Waals surface area contributed by atoms with E-state index in [0.29, 0.717) is 11.4 Å². The molecular weight excluding hydrogens is 350 g/mol. The molecule has 1 N–H and O–H groups in total. The average Bonchev–Trinajstić information content (AvgIpc) is 2.59. The number of fused-ring (bicyclic) bond motifs is 1. The molecule has 4 nitrogen and oxygen atoms in total. The van der Waals surface area contributed by atoms with Crippen LogP contribution in [0.25, 0.3) is 6.08 Å². The molecule has 0 spiro atoms. The van der Waals surface area contributed by atoms with Gasteiger partial charge in [-0.2, -0.15) is 0 Å². The SMILES string of the molecule is COc1ccc2c(c1)OC(C)(C)C[C@@H]2NC(=O)/C=C/c1ccccc1Cl. The van der Waals surface area contributed by atoms with E-state index in [-0.39, 0.29) is 17.6 Å². The minimum atomic E-state index is -0.385. The van der Waals surface area contributed by atoms with Crippen molar-refractivity contribution in [2.45, 2.75) is 31.9 Å². The molecule has 1 heterocycles. The van der Waals surface area contributed by atoms with Crippen molar-refractivity contribution in [2.75, 3.05) is 7.11 Å². The Kier molecular flexibility index (Phi) is 5.23. The fourth-order valence-corrected chi connectivity index (χ4v) is 3.28. The average molecular weight is 372 g/mol. The number of rotatable bonds is 4. The Hall–Kier alpha value is -2.46. The van der Waals surface area contributed by atoms with Gasteiger partial charge in [0.1, 0.15) is 17.1 Å². The van der Waals surface area contributed by atoms with E-state index in [1.807, 2.05) is 50.2 Å². The molecule has 0 unspecified atom stereocenters. The standard InChI is InChI=1S/C21H22ClNO3/c1-21(2)13-18(16-10-9-15(25-3)12-19(16)26-21)23-20(24)11-8-14-6-4-5-7-17(14)22/h4-12,18H,13H2,1-3H3,(H,23,24)/b11-8+/t18-/m0/s1. The number of amides is 1. The Bertz CT molecular complexity index is 845. The Morgan fingerprint density at radius 3 is 2.81 bits per heavy atom. The van der Waals surface area contributed by atoms with Crippen LogP contribution < -0.4 is 14.8 Å².